The first-order valence-corrected chi connectivity index (χ1v) is 8.75. The maximum atomic E-state index is 5.85. The first-order valence-electron chi connectivity index (χ1n) is 6.83. The first-order chi connectivity index (χ1) is 8.43. The Bertz CT molecular complexity index is 255. The predicted molar refractivity (Wildman–Crippen MR) is 86.7 cm³/mol. The highest BCUT2D eigenvalue weighted by Gasteiger charge is 2.30. The largest absolute Gasteiger partial charge is 0.475 e. The normalized spacial score (nSPS) is 24.9. The van der Waals surface area contributed by atoms with Gasteiger partial charge in [0.2, 0.25) is 4.38 Å². The molecule has 0 amide bonds. The van der Waals surface area contributed by atoms with E-state index >= 15 is 0 Å². The minimum Gasteiger partial charge on any atom is -0.475 e. The van der Waals surface area contributed by atoms with Gasteiger partial charge < -0.3 is 4.74 Å². The number of hydrogen-bond donors (Lipinski definition) is 0. The van der Waals surface area contributed by atoms with E-state index in [1.807, 2.05) is 0 Å². The molecule has 0 unspecified atom stereocenters. The van der Waals surface area contributed by atoms with Crippen molar-refractivity contribution in [3.8, 4) is 0 Å². The van der Waals surface area contributed by atoms with Crippen LogP contribution >= 0.6 is 35.6 Å². The zero-order valence-electron chi connectivity index (χ0n) is 11.7. The lowest BCUT2D eigenvalue weighted by Crippen LogP contribution is -2.29. The zero-order chi connectivity index (χ0) is 13.6. The summed E-state index contributed by atoms with van der Waals surface area (Å²) in [6.07, 6.45) is 6.18. The van der Waals surface area contributed by atoms with Crippen LogP contribution < -0.4 is 0 Å². The van der Waals surface area contributed by atoms with E-state index in [1.165, 1.54) is 12.8 Å². The van der Waals surface area contributed by atoms with Gasteiger partial charge in [-0.2, -0.15) is 0 Å². The van der Waals surface area contributed by atoms with Crippen LogP contribution in [0.5, 0.6) is 0 Å². The van der Waals surface area contributed by atoms with Gasteiger partial charge in [-0.15, -0.1) is 11.6 Å². The van der Waals surface area contributed by atoms with Crippen LogP contribution in [0.25, 0.3) is 0 Å². The summed E-state index contributed by atoms with van der Waals surface area (Å²) in [4.78, 5) is 0. The summed E-state index contributed by atoms with van der Waals surface area (Å²) in [6, 6.07) is 0. The number of alkyl halides is 1. The van der Waals surface area contributed by atoms with Crippen LogP contribution in [-0.2, 0) is 4.74 Å². The number of hydrogen-bond acceptors (Lipinski definition) is 3. The van der Waals surface area contributed by atoms with Crippen molar-refractivity contribution in [2.24, 2.45) is 11.3 Å². The van der Waals surface area contributed by atoms with Crippen LogP contribution in [-0.4, -0.2) is 22.1 Å². The van der Waals surface area contributed by atoms with E-state index in [2.05, 4.69) is 20.8 Å². The maximum absolute atomic E-state index is 5.85. The van der Waals surface area contributed by atoms with Gasteiger partial charge in [0.05, 0.1) is 0 Å². The summed E-state index contributed by atoms with van der Waals surface area (Å²) in [5.74, 6) is 2.50. The molecule has 0 bridgehead atoms. The lowest BCUT2D eigenvalue weighted by Gasteiger charge is -2.36. The van der Waals surface area contributed by atoms with E-state index in [1.54, 1.807) is 11.8 Å². The fourth-order valence-electron chi connectivity index (χ4n) is 2.43. The molecular formula is C14H25ClOS2. The Hall–Kier alpha value is 0.530. The molecule has 1 aliphatic rings. The molecule has 0 N–H and O–H groups in total. The molecule has 0 spiro atoms. The summed E-state index contributed by atoms with van der Waals surface area (Å²) >= 11 is 12.5. The molecule has 1 fully saturated rings. The third-order valence-corrected chi connectivity index (χ3v) is 5.20. The van der Waals surface area contributed by atoms with Crippen molar-refractivity contribution in [1.29, 1.82) is 0 Å². The highest BCUT2D eigenvalue weighted by atomic mass is 35.5. The van der Waals surface area contributed by atoms with Gasteiger partial charge in [-0.3, -0.25) is 0 Å². The average Bonchev–Trinajstić information content (AvgIpc) is 2.29. The van der Waals surface area contributed by atoms with Gasteiger partial charge in [-0.25, -0.2) is 0 Å². The minimum atomic E-state index is 0.347. The maximum Gasteiger partial charge on any atom is 0.220 e. The van der Waals surface area contributed by atoms with E-state index in [4.69, 9.17) is 28.6 Å². The summed E-state index contributed by atoms with van der Waals surface area (Å²) in [5.41, 5.74) is 0.431. The van der Waals surface area contributed by atoms with Crippen LogP contribution in [0.15, 0.2) is 0 Å². The molecule has 1 rings (SSSR count). The van der Waals surface area contributed by atoms with Crippen LogP contribution in [0.1, 0.15) is 52.9 Å². The van der Waals surface area contributed by atoms with E-state index in [-0.39, 0.29) is 0 Å². The fraction of sp³-hybridized carbons (Fsp3) is 0.929. The van der Waals surface area contributed by atoms with Crippen molar-refractivity contribution in [1.82, 2.24) is 0 Å². The second-order valence-electron chi connectivity index (χ2n) is 6.10. The van der Waals surface area contributed by atoms with Gasteiger partial charge in [-0.1, -0.05) is 32.5 Å². The molecule has 0 aromatic rings. The van der Waals surface area contributed by atoms with E-state index < -0.39 is 0 Å². The van der Waals surface area contributed by atoms with Gasteiger partial charge in [-0.05, 0) is 55.7 Å². The molecule has 0 aromatic heterocycles. The van der Waals surface area contributed by atoms with Gasteiger partial charge in [0.15, 0.2) is 0 Å². The van der Waals surface area contributed by atoms with Gasteiger partial charge in [0.1, 0.15) is 6.10 Å². The predicted octanol–water partition coefficient (Wildman–Crippen LogP) is 5.25. The second-order valence-corrected chi connectivity index (χ2v) is 8.17. The SMILES string of the molecule is CC(C)(C)C1CCC(OC(=S)SCCCCl)CC1. The molecule has 0 radical (unpaired) electrons. The Morgan fingerprint density at radius 1 is 1.28 bits per heavy atom. The Morgan fingerprint density at radius 2 is 1.89 bits per heavy atom. The number of ether oxygens (including phenoxy) is 1. The van der Waals surface area contributed by atoms with Crippen LogP contribution in [0.4, 0.5) is 0 Å². The summed E-state index contributed by atoms with van der Waals surface area (Å²) < 4.78 is 6.56. The Morgan fingerprint density at radius 3 is 2.39 bits per heavy atom. The number of rotatable bonds is 4. The van der Waals surface area contributed by atoms with Gasteiger partial charge in [0, 0.05) is 11.6 Å². The number of halogens is 1. The summed E-state index contributed by atoms with van der Waals surface area (Å²) in [5, 5.41) is 0. The number of thioether (sulfide) groups is 1. The topological polar surface area (TPSA) is 9.23 Å². The molecule has 0 aromatic carbocycles. The summed E-state index contributed by atoms with van der Waals surface area (Å²) in [6.45, 7) is 7.02. The molecule has 0 saturated heterocycles. The fourth-order valence-corrected chi connectivity index (χ4v) is 3.76. The third-order valence-electron chi connectivity index (χ3n) is 3.66. The molecular weight excluding hydrogens is 284 g/mol. The molecule has 106 valence electrons. The van der Waals surface area contributed by atoms with Gasteiger partial charge >= 0.3 is 0 Å². The van der Waals surface area contributed by atoms with Crippen molar-refractivity contribution >= 4 is 40.0 Å². The van der Waals surface area contributed by atoms with E-state index in [9.17, 15) is 0 Å². The van der Waals surface area contributed by atoms with Crippen molar-refractivity contribution in [2.45, 2.75) is 59.0 Å². The minimum absolute atomic E-state index is 0.347. The second kappa shape index (κ2) is 7.96. The van der Waals surface area contributed by atoms with Crippen molar-refractivity contribution < 1.29 is 4.74 Å². The van der Waals surface area contributed by atoms with Crippen molar-refractivity contribution in [3.63, 3.8) is 0 Å². The third kappa shape index (κ3) is 6.12. The first kappa shape index (κ1) is 16.6. The quantitative estimate of drug-likeness (QED) is 0.398. The zero-order valence-corrected chi connectivity index (χ0v) is 14.1. The van der Waals surface area contributed by atoms with Crippen LogP contribution in [0.2, 0.25) is 0 Å². The Kier molecular flexibility index (Phi) is 7.33. The highest BCUT2D eigenvalue weighted by molar-refractivity contribution is 8.22. The standard InChI is InChI=1S/C14H25ClOS2/c1-14(2,3)11-5-7-12(8-6-11)16-13(17)18-10-4-9-15/h11-12H,4-10H2,1-3H3. The van der Waals surface area contributed by atoms with E-state index in [0.717, 1.165) is 30.9 Å². The monoisotopic (exact) mass is 308 g/mol. The van der Waals surface area contributed by atoms with Crippen molar-refractivity contribution in [3.05, 3.63) is 0 Å². The van der Waals surface area contributed by atoms with Crippen LogP contribution in [0.3, 0.4) is 0 Å². The Labute approximate surface area is 126 Å². The van der Waals surface area contributed by atoms with Crippen LogP contribution in [0, 0.1) is 11.3 Å². The molecule has 0 aliphatic heterocycles. The molecule has 18 heavy (non-hydrogen) atoms. The lowest BCUT2D eigenvalue weighted by molar-refractivity contribution is 0.0860. The van der Waals surface area contributed by atoms with Crippen molar-refractivity contribution in [2.75, 3.05) is 11.6 Å². The smallest absolute Gasteiger partial charge is 0.220 e. The lowest BCUT2D eigenvalue weighted by atomic mass is 9.72. The molecule has 1 nitrogen and oxygen atoms in total. The van der Waals surface area contributed by atoms with Gasteiger partial charge in [0.25, 0.3) is 0 Å². The average molecular weight is 309 g/mol. The highest BCUT2D eigenvalue weighted by Crippen LogP contribution is 2.38. The summed E-state index contributed by atoms with van der Waals surface area (Å²) in [7, 11) is 0. The molecule has 0 atom stereocenters. The molecule has 1 aliphatic carbocycles. The molecule has 4 heteroatoms. The number of thiocarbonyl (C=S) groups is 1. The molecule has 1 saturated carbocycles. The molecule has 0 heterocycles. The van der Waals surface area contributed by atoms with E-state index in [0.29, 0.717) is 21.8 Å². The Balaban J connectivity index is 2.21.